The van der Waals surface area contributed by atoms with Crippen LogP contribution in [0.3, 0.4) is 0 Å². The van der Waals surface area contributed by atoms with Gasteiger partial charge in [-0.25, -0.2) is 0 Å². The Bertz CT molecular complexity index is 621. The number of benzene rings is 2. The lowest BCUT2D eigenvalue weighted by Gasteiger charge is -2.18. The van der Waals surface area contributed by atoms with E-state index < -0.39 is 6.10 Å². The van der Waals surface area contributed by atoms with Gasteiger partial charge >= 0.3 is 0 Å². The second-order valence-electron chi connectivity index (χ2n) is 5.45. The fourth-order valence-corrected chi connectivity index (χ4v) is 3.59. The molecule has 0 saturated heterocycles. The number of rotatable bonds is 4. The number of aliphatic hydroxyl groups excluding tert-OH is 1. The molecule has 2 nitrogen and oxygen atoms in total. The highest BCUT2D eigenvalue weighted by Gasteiger charge is 2.20. The first-order chi connectivity index (χ1) is 10.1. The molecule has 0 saturated carbocycles. The highest BCUT2D eigenvalue weighted by atomic mass is 79.9. The van der Waals surface area contributed by atoms with Gasteiger partial charge in [-0.05, 0) is 35.2 Å². The fraction of sp³-hybridized carbons (Fsp3) is 0.294. The van der Waals surface area contributed by atoms with Gasteiger partial charge in [-0.3, -0.25) is 4.90 Å². The molecule has 0 aliphatic carbocycles. The van der Waals surface area contributed by atoms with Gasteiger partial charge in [0.25, 0.3) is 0 Å². The molecular weight excluding hydrogens is 350 g/mol. The molecule has 110 valence electrons. The smallest absolute Gasteiger partial charge is 0.0816 e. The topological polar surface area (TPSA) is 23.5 Å². The maximum absolute atomic E-state index is 10.3. The third-order valence-electron chi connectivity index (χ3n) is 3.95. The van der Waals surface area contributed by atoms with Crippen molar-refractivity contribution >= 4 is 27.5 Å². The molecule has 0 bridgehead atoms. The van der Waals surface area contributed by atoms with E-state index in [-0.39, 0.29) is 0 Å². The number of aliphatic hydroxyl groups is 1. The first kappa shape index (κ1) is 15.0. The predicted molar refractivity (Wildman–Crippen MR) is 89.3 cm³/mol. The Morgan fingerprint density at radius 2 is 1.81 bits per heavy atom. The Morgan fingerprint density at radius 3 is 2.43 bits per heavy atom. The van der Waals surface area contributed by atoms with Crippen molar-refractivity contribution in [2.75, 3.05) is 6.54 Å². The standard InChI is InChI=1S/C17H17BrClNO/c18-14-5-6-15(16(19)9-14)17(21)7-8-20-10-12-3-1-2-4-13(12)11-20/h1-6,9,17,21H,7-8,10-11H2. The lowest BCUT2D eigenvalue weighted by atomic mass is 10.1. The van der Waals surface area contributed by atoms with E-state index in [2.05, 4.69) is 45.1 Å². The van der Waals surface area contributed by atoms with Gasteiger partial charge in [0.1, 0.15) is 0 Å². The minimum atomic E-state index is -0.519. The molecule has 0 amide bonds. The van der Waals surface area contributed by atoms with Crippen molar-refractivity contribution in [3.05, 3.63) is 68.7 Å². The Morgan fingerprint density at radius 1 is 1.14 bits per heavy atom. The minimum Gasteiger partial charge on any atom is -0.388 e. The van der Waals surface area contributed by atoms with Gasteiger partial charge in [0.2, 0.25) is 0 Å². The van der Waals surface area contributed by atoms with Crippen LogP contribution in [-0.2, 0) is 13.1 Å². The number of hydrogen-bond donors (Lipinski definition) is 1. The van der Waals surface area contributed by atoms with E-state index in [4.69, 9.17) is 11.6 Å². The molecular formula is C17H17BrClNO. The van der Waals surface area contributed by atoms with E-state index in [0.29, 0.717) is 11.4 Å². The summed E-state index contributed by atoms with van der Waals surface area (Å²) < 4.78 is 0.929. The normalized spacial score (nSPS) is 16.0. The van der Waals surface area contributed by atoms with Crippen LogP contribution in [-0.4, -0.2) is 16.6 Å². The van der Waals surface area contributed by atoms with Crippen LogP contribution in [0.2, 0.25) is 5.02 Å². The summed E-state index contributed by atoms with van der Waals surface area (Å²) in [6.07, 6.45) is 0.171. The minimum absolute atomic E-state index is 0.519. The van der Waals surface area contributed by atoms with Crippen molar-refractivity contribution in [2.24, 2.45) is 0 Å². The Labute approximate surface area is 138 Å². The van der Waals surface area contributed by atoms with Gasteiger partial charge < -0.3 is 5.11 Å². The van der Waals surface area contributed by atoms with E-state index in [1.165, 1.54) is 11.1 Å². The number of nitrogens with zero attached hydrogens (tertiary/aromatic N) is 1. The summed E-state index contributed by atoms with van der Waals surface area (Å²) in [5, 5.41) is 11.0. The number of halogens is 2. The highest BCUT2D eigenvalue weighted by molar-refractivity contribution is 9.10. The molecule has 1 aliphatic rings. The first-order valence-electron chi connectivity index (χ1n) is 7.05. The second kappa shape index (κ2) is 6.49. The summed E-state index contributed by atoms with van der Waals surface area (Å²) in [5.41, 5.74) is 3.60. The molecule has 0 fully saturated rings. The molecule has 0 radical (unpaired) electrons. The largest absolute Gasteiger partial charge is 0.388 e. The number of hydrogen-bond acceptors (Lipinski definition) is 2. The molecule has 4 heteroatoms. The molecule has 1 atom stereocenters. The van der Waals surface area contributed by atoms with E-state index in [0.717, 1.165) is 29.7 Å². The molecule has 3 rings (SSSR count). The van der Waals surface area contributed by atoms with Crippen LogP contribution in [0.5, 0.6) is 0 Å². The molecule has 1 unspecified atom stereocenters. The third-order valence-corrected chi connectivity index (χ3v) is 4.77. The van der Waals surface area contributed by atoms with Crippen molar-refractivity contribution in [2.45, 2.75) is 25.6 Å². The van der Waals surface area contributed by atoms with E-state index >= 15 is 0 Å². The van der Waals surface area contributed by atoms with Crippen molar-refractivity contribution in [1.29, 1.82) is 0 Å². The van der Waals surface area contributed by atoms with Gasteiger partial charge in [0.15, 0.2) is 0 Å². The predicted octanol–water partition coefficient (Wildman–Crippen LogP) is 4.54. The molecule has 21 heavy (non-hydrogen) atoms. The Balaban J connectivity index is 1.59. The summed E-state index contributed by atoms with van der Waals surface area (Å²) in [5.74, 6) is 0. The summed E-state index contributed by atoms with van der Waals surface area (Å²) in [4.78, 5) is 2.36. The van der Waals surface area contributed by atoms with Crippen molar-refractivity contribution in [1.82, 2.24) is 4.90 Å². The molecule has 1 heterocycles. The van der Waals surface area contributed by atoms with Crippen molar-refractivity contribution in [3.63, 3.8) is 0 Å². The molecule has 2 aromatic rings. The maximum atomic E-state index is 10.3. The quantitative estimate of drug-likeness (QED) is 0.858. The van der Waals surface area contributed by atoms with Crippen molar-refractivity contribution in [3.8, 4) is 0 Å². The van der Waals surface area contributed by atoms with Crippen LogP contribution in [0.15, 0.2) is 46.9 Å². The molecule has 0 spiro atoms. The molecule has 1 aliphatic heterocycles. The Kier molecular flexibility index (Phi) is 4.65. The average molecular weight is 367 g/mol. The zero-order valence-electron chi connectivity index (χ0n) is 11.6. The van der Waals surface area contributed by atoms with Gasteiger partial charge in [0, 0.05) is 29.1 Å². The van der Waals surface area contributed by atoms with Gasteiger partial charge in [0.05, 0.1) is 6.10 Å². The number of fused-ring (bicyclic) bond motifs is 1. The molecule has 2 aromatic carbocycles. The zero-order chi connectivity index (χ0) is 14.8. The lowest BCUT2D eigenvalue weighted by molar-refractivity contribution is 0.141. The lowest BCUT2D eigenvalue weighted by Crippen LogP contribution is -2.19. The van der Waals surface area contributed by atoms with Crippen LogP contribution >= 0.6 is 27.5 Å². The Hall–Kier alpha value is -0.870. The third kappa shape index (κ3) is 3.49. The van der Waals surface area contributed by atoms with Crippen LogP contribution < -0.4 is 0 Å². The summed E-state index contributed by atoms with van der Waals surface area (Å²) in [6, 6.07) is 14.1. The fourth-order valence-electron chi connectivity index (χ4n) is 2.79. The molecule has 1 N–H and O–H groups in total. The van der Waals surface area contributed by atoms with Crippen LogP contribution in [0.1, 0.15) is 29.2 Å². The van der Waals surface area contributed by atoms with Gasteiger partial charge in [-0.1, -0.05) is 57.9 Å². The highest BCUT2D eigenvalue weighted by Crippen LogP contribution is 2.29. The van der Waals surface area contributed by atoms with E-state index in [1.54, 1.807) is 0 Å². The average Bonchev–Trinajstić information content (AvgIpc) is 2.87. The monoisotopic (exact) mass is 365 g/mol. The first-order valence-corrected chi connectivity index (χ1v) is 8.23. The molecule has 0 aromatic heterocycles. The van der Waals surface area contributed by atoms with Crippen LogP contribution in [0.4, 0.5) is 0 Å². The van der Waals surface area contributed by atoms with E-state index in [1.807, 2.05) is 18.2 Å². The van der Waals surface area contributed by atoms with Gasteiger partial charge in [-0.2, -0.15) is 0 Å². The van der Waals surface area contributed by atoms with Gasteiger partial charge in [-0.15, -0.1) is 0 Å². The summed E-state index contributed by atoms with van der Waals surface area (Å²) >= 11 is 9.57. The van der Waals surface area contributed by atoms with Crippen LogP contribution in [0.25, 0.3) is 0 Å². The van der Waals surface area contributed by atoms with Crippen molar-refractivity contribution < 1.29 is 5.11 Å². The summed E-state index contributed by atoms with van der Waals surface area (Å²) in [6.45, 7) is 2.80. The summed E-state index contributed by atoms with van der Waals surface area (Å²) in [7, 11) is 0. The van der Waals surface area contributed by atoms with Crippen LogP contribution in [0, 0.1) is 0 Å². The zero-order valence-corrected chi connectivity index (χ0v) is 13.9. The maximum Gasteiger partial charge on any atom is 0.0816 e. The van der Waals surface area contributed by atoms with E-state index in [9.17, 15) is 5.11 Å². The SMILES string of the molecule is OC(CCN1Cc2ccccc2C1)c1ccc(Br)cc1Cl. The second-order valence-corrected chi connectivity index (χ2v) is 6.77.